The molecule has 1 unspecified atom stereocenters. The Kier molecular flexibility index (Phi) is 9.18. The van der Waals surface area contributed by atoms with Gasteiger partial charge in [0.15, 0.2) is 0 Å². The molecule has 2 aromatic heterocycles. The number of carboxylic acid groups (broad SMARTS) is 2. The van der Waals surface area contributed by atoms with Gasteiger partial charge in [0.25, 0.3) is 5.91 Å². The molecule has 4 rings (SSSR count). The summed E-state index contributed by atoms with van der Waals surface area (Å²) >= 11 is 0. The minimum absolute atomic E-state index is 0.0632. The van der Waals surface area contributed by atoms with Crippen molar-refractivity contribution in [3.05, 3.63) is 72.8 Å². The van der Waals surface area contributed by atoms with Gasteiger partial charge in [-0.15, -0.1) is 0 Å². The summed E-state index contributed by atoms with van der Waals surface area (Å²) in [6.45, 7) is 11.3. The predicted molar refractivity (Wildman–Crippen MR) is 165 cm³/mol. The van der Waals surface area contributed by atoms with Crippen LogP contribution in [-0.4, -0.2) is 49.6 Å². The smallest absolute Gasteiger partial charge is 0.303 e. The quantitative estimate of drug-likeness (QED) is 0.286. The van der Waals surface area contributed by atoms with Gasteiger partial charge in [-0.25, -0.2) is 4.99 Å². The highest BCUT2D eigenvalue weighted by Gasteiger charge is 2.29. The van der Waals surface area contributed by atoms with Crippen LogP contribution in [0.15, 0.2) is 33.5 Å². The number of aromatic amines is 2. The average molecular weight is 587 g/mol. The molecule has 1 fully saturated rings. The monoisotopic (exact) mass is 586 g/mol. The van der Waals surface area contributed by atoms with Crippen molar-refractivity contribution in [1.82, 2.24) is 15.3 Å². The van der Waals surface area contributed by atoms with Crippen molar-refractivity contribution < 1.29 is 29.4 Å². The van der Waals surface area contributed by atoms with E-state index in [1.807, 2.05) is 65.8 Å². The highest BCUT2D eigenvalue weighted by Crippen LogP contribution is 2.30. The number of carbonyl (C=O) groups excluding carboxylic acids is 2. The first-order valence-electron chi connectivity index (χ1n) is 14.4. The number of rotatable bonds is 10. The molecule has 10 heteroatoms. The highest BCUT2D eigenvalue weighted by atomic mass is 16.4. The predicted octanol–water partition coefficient (Wildman–Crippen LogP) is 3.36. The van der Waals surface area contributed by atoms with Gasteiger partial charge in [0.05, 0.1) is 11.6 Å². The van der Waals surface area contributed by atoms with Crippen LogP contribution in [0.4, 0.5) is 0 Å². The summed E-state index contributed by atoms with van der Waals surface area (Å²) < 4.78 is 0. The summed E-state index contributed by atoms with van der Waals surface area (Å²) in [5, 5.41) is 23.2. The molecule has 1 atom stereocenters. The van der Waals surface area contributed by atoms with Gasteiger partial charge >= 0.3 is 11.9 Å². The van der Waals surface area contributed by atoms with Gasteiger partial charge in [0, 0.05) is 46.2 Å². The van der Waals surface area contributed by atoms with Gasteiger partial charge in [-0.05, 0) is 106 Å². The van der Waals surface area contributed by atoms with E-state index in [-0.39, 0.29) is 43.4 Å². The van der Waals surface area contributed by atoms with Crippen molar-refractivity contribution in [2.75, 3.05) is 0 Å². The first-order chi connectivity index (χ1) is 20.4. The van der Waals surface area contributed by atoms with Gasteiger partial charge < -0.3 is 25.5 Å². The second kappa shape index (κ2) is 12.6. The molecule has 226 valence electrons. The van der Waals surface area contributed by atoms with E-state index in [9.17, 15) is 29.4 Å². The molecule has 10 nitrogen and oxygen atoms in total. The molecule has 0 aromatic carbocycles. The second-order valence-corrected chi connectivity index (χ2v) is 11.0. The maximum Gasteiger partial charge on any atom is 0.303 e. The van der Waals surface area contributed by atoms with Crippen LogP contribution in [0.5, 0.6) is 0 Å². The third kappa shape index (κ3) is 6.38. The van der Waals surface area contributed by atoms with E-state index in [1.54, 1.807) is 0 Å². The minimum Gasteiger partial charge on any atom is -0.481 e. The fourth-order valence-corrected chi connectivity index (χ4v) is 5.77. The van der Waals surface area contributed by atoms with Gasteiger partial charge in [-0.3, -0.25) is 19.2 Å². The lowest BCUT2D eigenvalue weighted by Gasteiger charge is -2.04. The Bertz CT molecular complexity index is 1780. The highest BCUT2D eigenvalue weighted by molar-refractivity contribution is 6.30. The Hall–Kier alpha value is -4.73. The molecule has 0 spiro atoms. The molecule has 5 N–H and O–H groups in total. The van der Waals surface area contributed by atoms with Crippen molar-refractivity contribution in [2.45, 2.75) is 73.6 Å². The lowest BCUT2D eigenvalue weighted by Crippen LogP contribution is -2.16. The number of nitrogens with one attached hydrogen (secondary N) is 3. The zero-order chi connectivity index (χ0) is 31.6. The number of carbonyl (C=O) groups is 4. The normalized spacial score (nSPS) is 19.8. The van der Waals surface area contributed by atoms with Crippen LogP contribution < -0.4 is 16.0 Å². The zero-order valence-corrected chi connectivity index (χ0v) is 25.4. The second-order valence-electron chi connectivity index (χ2n) is 11.0. The standard InChI is InChI=1S/C33H38N4O6/c1-7-20-19(6)32(42)37-27(20)15-29-23(10-12-31(40)41)18(5)25(35-29)14-28-22(9-11-30(38)39)17(4)24(34-28)13-26-16(3)21(8-2)33(43)36-26/h7,13-15,19,34-35H,8-12H2,1-6H3,(H,37,42)(H,38,39)(H,40,41)/b20-7+,24-13+,27-15+,28-14-. The summed E-state index contributed by atoms with van der Waals surface area (Å²) in [7, 11) is 0. The Labute approximate surface area is 249 Å². The molecule has 2 aliphatic rings. The molecular weight excluding hydrogens is 548 g/mol. The van der Waals surface area contributed by atoms with Crippen LogP contribution in [0, 0.1) is 19.8 Å². The Morgan fingerprint density at radius 1 is 0.884 bits per heavy atom. The van der Waals surface area contributed by atoms with Crippen LogP contribution >= 0.6 is 0 Å². The van der Waals surface area contributed by atoms with E-state index in [4.69, 9.17) is 0 Å². The number of aliphatic carboxylic acids is 2. The van der Waals surface area contributed by atoms with Gasteiger partial charge in [0.1, 0.15) is 0 Å². The zero-order valence-electron chi connectivity index (χ0n) is 25.4. The van der Waals surface area contributed by atoms with Crippen LogP contribution in [0.3, 0.4) is 0 Å². The Morgan fingerprint density at radius 3 is 2.12 bits per heavy atom. The van der Waals surface area contributed by atoms with Crippen LogP contribution in [-0.2, 0) is 32.0 Å². The van der Waals surface area contributed by atoms with Gasteiger partial charge in [-0.2, -0.15) is 0 Å². The third-order valence-electron chi connectivity index (χ3n) is 8.35. The number of hydrogen-bond acceptors (Lipinski definition) is 4. The van der Waals surface area contributed by atoms with Crippen molar-refractivity contribution in [3.63, 3.8) is 0 Å². The number of nitrogens with zero attached hydrogens (tertiary/aromatic N) is 1. The number of aromatic nitrogens is 2. The lowest BCUT2D eigenvalue weighted by molar-refractivity contribution is -0.138. The molecule has 0 radical (unpaired) electrons. The maximum atomic E-state index is 12.4. The van der Waals surface area contributed by atoms with E-state index >= 15 is 0 Å². The third-order valence-corrected chi connectivity index (χ3v) is 8.35. The van der Waals surface area contributed by atoms with Crippen molar-refractivity contribution >= 4 is 47.7 Å². The summed E-state index contributed by atoms with van der Waals surface area (Å²) in [6, 6.07) is 0. The minimum atomic E-state index is -0.915. The van der Waals surface area contributed by atoms with Crippen LogP contribution in [0.25, 0.3) is 18.2 Å². The summed E-state index contributed by atoms with van der Waals surface area (Å²) in [4.78, 5) is 58.7. The first kappa shape index (κ1) is 31.2. The SMILES string of the molecule is C/C=C1/C(=C\c2[nH]c(/C=c3\[nH]/c(=C/C4=NC(=O)C(CC)=C4C)c(C)c3CCC(=O)O)c(C)c2CCC(=O)O)NC(=O)C1C. The fraction of sp³-hybridized carbons (Fsp3) is 0.364. The molecule has 2 aromatic rings. The van der Waals surface area contributed by atoms with Crippen molar-refractivity contribution in [2.24, 2.45) is 10.9 Å². The fourth-order valence-electron chi connectivity index (χ4n) is 5.77. The molecule has 2 aliphatic heterocycles. The molecule has 0 bridgehead atoms. The van der Waals surface area contributed by atoms with Gasteiger partial charge in [-0.1, -0.05) is 13.0 Å². The number of H-pyrrole nitrogens is 2. The van der Waals surface area contributed by atoms with Gasteiger partial charge in [0.2, 0.25) is 5.91 Å². The number of carboxylic acids is 2. The average Bonchev–Trinajstić information content (AvgIpc) is 3.59. The number of allylic oxidation sites excluding steroid dienone is 3. The first-order valence-corrected chi connectivity index (χ1v) is 14.4. The summed E-state index contributed by atoms with van der Waals surface area (Å²) in [5.41, 5.74) is 8.41. The topological polar surface area (TPSA) is 165 Å². The molecule has 43 heavy (non-hydrogen) atoms. The summed E-state index contributed by atoms with van der Waals surface area (Å²) in [5.74, 6) is -2.45. The Balaban J connectivity index is 1.89. The summed E-state index contributed by atoms with van der Waals surface area (Å²) in [6.07, 6.45) is 8.50. The lowest BCUT2D eigenvalue weighted by atomic mass is 10.00. The van der Waals surface area contributed by atoms with E-state index in [2.05, 4.69) is 20.3 Å². The van der Waals surface area contributed by atoms with E-state index in [0.717, 1.165) is 44.4 Å². The molecule has 0 saturated carbocycles. The number of hydrogen-bond donors (Lipinski definition) is 5. The Morgan fingerprint density at radius 2 is 1.53 bits per heavy atom. The molecule has 0 aliphatic carbocycles. The van der Waals surface area contributed by atoms with E-state index in [1.165, 1.54) is 0 Å². The molecule has 4 heterocycles. The molecule has 1 saturated heterocycles. The maximum absolute atomic E-state index is 12.4. The largest absolute Gasteiger partial charge is 0.481 e. The van der Waals surface area contributed by atoms with E-state index in [0.29, 0.717) is 34.4 Å². The van der Waals surface area contributed by atoms with Crippen molar-refractivity contribution in [3.8, 4) is 0 Å². The van der Waals surface area contributed by atoms with Crippen LogP contribution in [0.1, 0.15) is 80.6 Å². The molecular formula is C33H38N4O6. The number of amides is 2. The van der Waals surface area contributed by atoms with Crippen LogP contribution in [0.2, 0.25) is 0 Å². The number of aliphatic imine (C=N–C) groups is 1. The van der Waals surface area contributed by atoms with Crippen molar-refractivity contribution in [1.29, 1.82) is 0 Å². The van der Waals surface area contributed by atoms with E-state index < -0.39 is 11.9 Å². The molecule has 2 amide bonds.